The quantitative estimate of drug-likeness (QED) is 0.687. The molecule has 1 aliphatic heterocycles. The van der Waals surface area contributed by atoms with Crippen molar-refractivity contribution in [3.8, 4) is 0 Å². The second-order valence-electron chi connectivity index (χ2n) is 4.37. The van der Waals surface area contributed by atoms with Gasteiger partial charge in [0.2, 0.25) is 0 Å². The van der Waals surface area contributed by atoms with Gasteiger partial charge in [0.25, 0.3) is 0 Å². The average molecular weight is 184 g/mol. The van der Waals surface area contributed by atoms with Crippen LogP contribution in [0.15, 0.2) is 0 Å². The first-order chi connectivity index (χ1) is 6.29. The molecule has 1 N–H and O–H groups in total. The number of hydrogen-bond acceptors (Lipinski definition) is 3. The van der Waals surface area contributed by atoms with Gasteiger partial charge in [-0.3, -0.25) is 0 Å². The third-order valence-electron chi connectivity index (χ3n) is 3.19. The molecule has 2 atom stereocenters. The van der Waals surface area contributed by atoms with Crippen LogP contribution in [0.25, 0.3) is 0 Å². The Morgan fingerprint density at radius 3 is 2.77 bits per heavy atom. The molecule has 0 aromatic heterocycles. The Morgan fingerprint density at radius 1 is 1.46 bits per heavy atom. The van der Waals surface area contributed by atoms with Crippen LogP contribution in [0.1, 0.15) is 19.3 Å². The number of rotatable bonds is 4. The number of nitrogens with zero attached hydrogens (tertiary/aromatic N) is 1. The maximum atomic E-state index is 5.32. The van der Waals surface area contributed by atoms with Crippen molar-refractivity contribution in [1.29, 1.82) is 0 Å². The first kappa shape index (κ1) is 9.44. The maximum absolute atomic E-state index is 5.32. The van der Waals surface area contributed by atoms with Crippen molar-refractivity contribution in [3.05, 3.63) is 0 Å². The minimum absolute atomic E-state index is 0.442. The minimum atomic E-state index is 0.442. The lowest BCUT2D eigenvalue weighted by molar-refractivity contribution is 0.116. The average Bonchev–Trinajstić information content (AvgIpc) is 2.88. The number of likely N-dealkylation sites (N-methyl/N-ethyl adjacent to an activating group) is 1. The smallest absolute Gasteiger partial charge is 0.0711 e. The van der Waals surface area contributed by atoms with E-state index in [-0.39, 0.29) is 0 Å². The summed E-state index contributed by atoms with van der Waals surface area (Å²) in [6, 6.07) is 1.53. The molecule has 1 aliphatic carbocycles. The highest BCUT2D eigenvalue weighted by molar-refractivity contribution is 4.89. The van der Waals surface area contributed by atoms with E-state index in [0.29, 0.717) is 12.1 Å². The summed E-state index contributed by atoms with van der Waals surface area (Å²) in [5.41, 5.74) is 0. The Hall–Kier alpha value is -0.120. The second kappa shape index (κ2) is 3.95. The largest absolute Gasteiger partial charge is 0.380 e. The molecule has 0 aromatic carbocycles. The summed E-state index contributed by atoms with van der Waals surface area (Å²) in [5.74, 6) is 0. The van der Waals surface area contributed by atoms with Crippen LogP contribution < -0.4 is 5.32 Å². The van der Waals surface area contributed by atoms with E-state index >= 15 is 0 Å². The van der Waals surface area contributed by atoms with Crippen LogP contribution in [0.4, 0.5) is 0 Å². The molecule has 0 aromatic rings. The molecule has 2 aliphatic rings. The third kappa shape index (κ3) is 2.42. The molecule has 2 rings (SSSR count). The van der Waals surface area contributed by atoms with Crippen LogP contribution in [0.3, 0.4) is 0 Å². The molecule has 76 valence electrons. The lowest BCUT2D eigenvalue weighted by Gasteiger charge is -2.20. The topological polar surface area (TPSA) is 24.5 Å². The van der Waals surface area contributed by atoms with E-state index < -0.39 is 0 Å². The summed E-state index contributed by atoms with van der Waals surface area (Å²) in [5, 5.41) is 3.50. The van der Waals surface area contributed by atoms with Crippen molar-refractivity contribution in [3.63, 3.8) is 0 Å². The fourth-order valence-electron chi connectivity index (χ4n) is 2.11. The normalized spacial score (nSPS) is 34.4. The molecule has 2 fully saturated rings. The summed E-state index contributed by atoms with van der Waals surface area (Å²) in [7, 11) is 4.04. The van der Waals surface area contributed by atoms with Gasteiger partial charge in [0.15, 0.2) is 0 Å². The van der Waals surface area contributed by atoms with Gasteiger partial charge < -0.3 is 15.0 Å². The van der Waals surface area contributed by atoms with Crippen LogP contribution in [0, 0.1) is 0 Å². The van der Waals surface area contributed by atoms with E-state index in [9.17, 15) is 0 Å². The van der Waals surface area contributed by atoms with Crippen molar-refractivity contribution >= 4 is 0 Å². The zero-order chi connectivity index (χ0) is 9.26. The summed E-state index contributed by atoms with van der Waals surface area (Å²) in [4.78, 5) is 2.48. The Balaban J connectivity index is 1.70. The molecular formula is C10H20N2O. The standard InChI is InChI=1S/C10H20N2O/c1-12(9-3-4-9)7-8-5-10(13-2)6-11-8/h8-11H,3-7H2,1-2H3. The molecule has 0 radical (unpaired) electrons. The lowest BCUT2D eigenvalue weighted by atomic mass is 10.2. The molecule has 0 spiro atoms. The van der Waals surface area contributed by atoms with Crippen molar-refractivity contribution in [2.24, 2.45) is 0 Å². The monoisotopic (exact) mass is 184 g/mol. The van der Waals surface area contributed by atoms with Gasteiger partial charge in [0.05, 0.1) is 6.10 Å². The second-order valence-corrected chi connectivity index (χ2v) is 4.37. The summed E-state index contributed by atoms with van der Waals surface area (Å²) in [6.45, 7) is 2.21. The molecular weight excluding hydrogens is 164 g/mol. The fourth-order valence-corrected chi connectivity index (χ4v) is 2.11. The predicted octanol–water partition coefficient (Wildman–Crippen LogP) is 0.457. The zero-order valence-electron chi connectivity index (χ0n) is 8.62. The number of ether oxygens (including phenoxy) is 1. The number of nitrogens with one attached hydrogen (secondary N) is 1. The number of hydrogen-bond donors (Lipinski definition) is 1. The Bertz CT molecular complexity index is 170. The van der Waals surface area contributed by atoms with Crippen LogP contribution in [0.5, 0.6) is 0 Å². The molecule has 13 heavy (non-hydrogen) atoms. The van der Waals surface area contributed by atoms with E-state index in [2.05, 4.69) is 17.3 Å². The molecule has 1 saturated heterocycles. The third-order valence-corrected chi connectivity index (χ3v) is 3.19. The zero-order valence-corrected chi connectivity index (χ0v) is 8.62. The van der Waals surface area contributed by atoms with Crippen molar-refractivity contribution in [2.75, 3.05) is 27.2 Å². The van der Waals surface area contributed by atoms with Crippen molar-refractivity contribution in [1.82, 2.24) is 10.2 Å². The SMILES string of the molecule is COC1CNC(CN(C)C2CC2)C1. The van der Waals surface area contributed by atoms with Gasteiger partial charge in [-0.1, -0.05) is 0 Å². The summed E-state index contributed by atoms with van der Waals surface area (Å²) >= 11 is 0. The highest BCUT2D eigenvalue weighted by atomic mass is 16.5. The van der Waals surface area contributed by atoms with E-state index in [0.717, 1.165) is 12.6 Å². The first-order valence-electron chi connectivity index (χ1n) is 5.26. The van der Waals surface area contributed by atoms with E-state index in [1.165, 1.54) is 25.8 Å². The Morgan fingerprint density at radius 2 is 2.23 bits per heavy atom. The van der Waals surface area contributed by atoms with Crippen molar-refractivity contribution in [2.45, 2.75) is 37.5 Å². The minimum Gasteiger partial charge on any atom is -0.380 e. The molecule has 3 nitrogen and oxygen atoms in total. The van der Waals surface area contributed by atoms with Gasteiger partial charge in [-0.05, 0) is 26.3 Å². The molecule has 0 bridgehead atoms. The number of methoxy groups -OCH3 is 1. The molecule has 1 saturated carbocycles. The Labute approximate surface area is 80.4 Å². The van der Waals surface area contributed by atoms with Crippen LogP contribution in [-0.2, 0) is 4.74 Å². The first-order valence-corrected chi connectivity index (χ1v) is 5.26. The fraction of sp³-hybridized carbons (Fsp3) is 1.00. The van der Waals surface area contributed by atoms with Gasteiger partial charge in [-0.25, -0.2) is 0 Å². The Kier molecular flexibility index (Phi) is 2.86. The molecule has 0 amide bonds. The van der Waals surface area contributed by atoms with Gasteiger partial charge in [-0.2, -0.15) is 0 Å². The molecule has 1 heterocycles. The highest BCUT2D eigenvalue weighted by Crippen LogP contribution is 2.26. The van der Waals surface area contributed by atoms with E-state index in [4.69, 9.17) is 4.74 Å². The summed E-state index contributed by atoms with van der Waals surface area (Å²) < 4.78 is 5.32. The van der Waals surface area contributed by atoms with Gasteiger partial charge in [0.1, 0.15) is 0 Å². The predicted molar refractivity (Wildman–Crippen MR) is 52.9 cm³/mol. The van der Waals surface area contributed by atoms with Crippen molar-refractivity contribution < 1.29 is 4.74 Å². The molecule has 2 unspecified atom stereocenters. The highest BCUT2D eigenvalue weighted by Gasteiger charge is 2.30. The summed E-state index contributed by atoms with van der Waals surface area (Å²) in [6.07, 6.45) is 4.42. The van der Waals surface area contributed by atoms with Crippen LogP contribution >= 0.6 is 0 Å². The van der Waals surface area contributed by atoms with Gasteiger partial charge in [-0.15, -0.1) is 0 Å². The van der Waals surface area contributed by atoms with E-state index in [1.807, 2.05) is 0 Å². The van der Waals surface area contributed by atoms with Gasteiger partial charge >= 0.3 is 0 Å². The van der Waals surface area contributed by atoms with E-state index in [1.54, 1.807) is 7.11 Å². The van der Waals surface area contributed by atoms with Crippen LogP contribution in [0.2, 0.25) is 0 Å². The van der Waals surface area contributed by atoms with Crippen LogP contribution in [-0.4, -0.2) is 50.3 Å². The molecule has 3 heteroatoms. The maximum Gasteiger partial charge on any atom is 0.0711 e. The van der Waals surface area contributed by atoms with Gasteiger partial charge in [0, 0.05) is 32.3 Å². The lowest BCUT2D eigenvalue weighted by Crippen LogP contribution is -2.36.